The highest BCUT2D eigenvalue weighted by Crippen LogP contribution is 2.38. The summed E-state index contributed by atoms with van der Waals surface area (Å²) in [6.45, 7) is 0. The van der Waals surface area contributed by atoms with Crippen LogP contribution in [0, 0.1) is 0 Å². The van der Waals surface area contributed by atoms with Gasteiger partial charge in [0, 0.05) is 31.6 Å². The highest BCUT2D eigenvalue weighted by Gasteiger charge is 2.35. The van der Waals surface area contributed by atoms with Crippen LogP contribution in [-0.4, -0.2) is 42.2 Å². The van der Waals surface area contributed by atoms with Crippen LogP contribution in [-0.2, 0) is 6.18 Å². The number of alkyl halides is 3. The van der Waals surface area contributed by atoms with E-state index in [4.69, 9.17) is 11.6 Å². The van der Waals surface area contributed by atoms with Gasteiger partial charge in [0.1, 0.15) is 5.82 Å². The molecule has 1 heterocycles. The second-order valence-corrected chi connectivity index (χ2v) is 9.14. The zero-order valence-electron chi connectivity index (χ0n) is 19.3. The summed E-state index contributed by atoms with van der Waals surface area (Å²) in [6.07, 6.45) is -1.81. The number of amides is 2. The topological polar surface area (TPSA) is 82.2 Å². The zero-order chi connectivity index (χ0) is 25.2. The fourth-order valence-electron chi connectivity index (χ4n) is 4.25. The van der Waals surface area contributed by atoms with Crippen LogP contribution in [0.2, 0.25) is 5.02 Å². The van der Waals surface area contributed by atoms with E-state index in [1.165, 1.54) is 12.1 Å². The number of nitrogens with zero attached hydrogens (tertiary/aromatic N) is 3. The molecule has 2 amide bonds. The van der Waals surface area contributed by atoms with E-state index in [1.807, 2.05) is 43.3 Å². The number of para-hydroxylation sites is 2. The summed E-state index contributed by atoms with van der Waals surface area (Å²) >= 11 is 5.92. The molecule has 11 heteroatoms. The predicted molar refractivity (Wildman–Crippen MR) is 132 cm³/mol. The van der Waals surface area contributed by atoms with Gasteiger partial charge in [0.15, 0.2) is 0 Å². The van der Waals surface area contributed by atoms with Crippen molar-refractivity contribution in [3.8, 4) is 0 Å². The summed E-state index contributed by atoms with van der Waals surface area (Å²) in [5.74, 6) is 1.36. The molecule has 0 radical (unpaired) electrons. The largest absolute Gasteiger partial charge is 0.418 e. The Balaban J connectivity index is 1.35. The maximum absolute atomic E-state index is 13.3. The number of rotatable bonds is 5. The number of carbonyl (C=O) groups is 1. The fraction of sp³-hybridized carbons (Fsp3) is 0.375. The van der Waals surface area contributed by atoms with Crippen molar-refractivity contribution in [2.75, 3.05) is 29.6 Å². The van der Waals surface area contributed by atoms with Crippen molar-refractivity contribution >= 4 is 46.0 Å². The molecule has 4 rings (SSSR count). The van der Waals surface area contributed by atoms with Crippen LogP contribution in [0.1, 0.15) is 31.2 Å². The monoisotopic (exact) mass is 506 g/mol. The molecule has 2 aromatic carbocycles. The van der Waals surface area contributed by atoms with Crippen molar-refractivity contribution in [1.82, 2.24) is 15.3 Å². The smallest absolute Gasteiger partial charge is 0.362 e. The van der Waals surface area contributed by atoms with Crippen LogP contribution >= 0.6 is 11.6 Å². The average Bonchev–Trinajstić information content (AvgIpc) is 2.80. The molecule has 35 heavy (non-hydrogen) atoms. The van der Waals surface area contributed by atoms with E-state index < -0.39 is 23.5 Å². The first-order valence-corrected chi connectivity index (χ1v) is 11.6. The van der Waals surface area contributed by atoms with Gasteiger partial charge in [-0.3, -0.25) is 0 Å². The second kappa shape index (κ2) is 10.2. The second-order valence-electron chi connectivity index (χ2n) is 8.73. The maximum Gasteiger partial charge on any atom is 0.418 e. The van der Waals surface area contributed by atoms with Gasteiger partial charge in [-0.15, -0.1) is 0 Å². The third-order valence-corrected chi connectivity index (χ3v) is 6.27. The van der Waals surface area contributed by atoms with Crippen LogP contribution in [0.25, 0.3) is 10.9 Å². The molecule has 0 bridgehead atoms. The van der Waals surface area contributed by atoms with E-state index >= 15 is 0 Å². The fourth-order valence-corrected chi connectivity index (χ4v) is 4.47. The molecule has 3 N–H and O–H groups in total. The van der Waals surface area contributed by atoms with E-state index in [0.717, 1.165) is 35.6 Å². The Kier molecular flexibility index (Phi) is 7.20. The molecule has 1 aromatic heterocycles. The van der Waals surface area contributed by atoms with E-state index in [9.17, 15) is 18.0 Å². The molecular formula is C24H26ClF3N6O. The molecular weight excluding hydrogens is 481 g/mol. The van der Waals surface area contributed by atoms with Gasteiger partial charge >= 0.3 is 12.2 Å². The normalized spacial score (nSPS) is 18.2. The highest BCUT2D eigenvalue weighted by molar-refractivity contribution is 6.33. The third kappa shape index (κ3) is 5.87. The summed E-state index contributed by atoms with van der Waals surface area (Å²) in [7, 11) is 3.86. The maximum atomic E-state index is 13.3. The van der Waals surface area contributed by atoms with E-state index in [0.29, 0.717) is 18.8 Å². The van der Waals surface area contributed by atoms with Gasteiger partial charge in [-0.2, -0.15) is 18.2 Å². The Morgan fingerprint density at radius 3 is 2.37 bits per heavy atom. The molecule has 1 fully saturated rings. The molecule has 3 aromatic rings. The molecule has 0 spiro atoms. The van der Waals surface area contributed by atoms with E-state index in [1.54, 1.807) is 0 Å². The van der Waals surface area contributed by atoms with E-state index in [-0.39, 0.29) is 17.1 Å². The predicted octanol–water partition coefficient (Wildman–Crippen LogP) is 5.91. The van der Waals surface area contributed by atoms with Crippen LogP contribution in [0.3, 0.4) is 0 Å². The third-order valence-electron chi connectivity index (χ3n) is 5.96. The average molecular weight is 507 g/mol. The lowest BCUT2D eigenvalue weighted by molar-refractivity contribution is -0.136. The molecule has 0 atom stereocenters. The van der Waals surface area contributed by atoms with Gasteiger partial charge in [-0.05, 0) is 49.9 Å². The minimum atomic E-state index is -4.63. The van der Waals surface area contributed by atoms with Crippen molar-refractivity contribution in [2.45, 2.75) is 43.9 Å². The number of nitrogens with one attached hydrogen (secondary N) is 3. The van der Waals surface area contributed by atoms with Gasteiger partial charge in [-0.1, -0.05) is 29.8 Å². The van der Waals surface area contributed by atoms with Crippen molar-refractivity contribution < 1.29 is 18.0 Å². The molecule has 1 aliphatic carbocycles. The number of benzene rings is 2. The number of halogens is 4. The molecule has 1 aliphatic rings. The van der Waals surface area contributed by atoms with Crippen LogP contribution in [0.4, 0.5) is 35.4 Å². The lowest BCUT2D eigenvalue weighted by Crippen LogP contribution is -2.42. The van der Waals surface area contributed by atoms with Crippen molar-refractivity contribution in [3.05, 3.63) is 53.1 Å². The van der Waals surface area contributed by atoms with E-state index in [2.05, 4.69) is 25.9 Å². The Morgan fingerprint density at radius 1 is 1.00 bits per heavy atom. The number of aromatic nitrogens is 2. The number of carbonyl (C=O) groups excluding carboxylic acids is 1. The van der Waals surface area contributed by atoms with Crippen LogP contribution in [0.15, 0.2) is 42.5 Å². The molecule has 186 valence electrons. The van der Waals surface area contributed by atoms with Gasteiger partial charge in [0.05, 0.1) is 21.8 Å². The first-order valence-electron chi connectivity index (χ1n) is 11.3. The van der Waals surface area contributed by atoms with Crippen molar-refractivity contribution in [1.29, 1.82) is 0 Å². The Morgan fingerprint density at radius 2 is 1.69 bits per heavy atom. The van der Waals surface area contributed by atoms with Crippen LogP contribution < -0.4 is 20.9 Å². The SMILES string of the molecule is CN(C)c1nc(N[C@H]2CC[C@@H](NC(=O)Nc3c(Cl)cccc3C(F)(F)F)CC2)nc2ccccc12. The number of fused-ring (bicyclic) bond motifs is 1. The lowest BCUT2D eigenvalue weighted by atomic mass is 9.91. The first kappa shape index (κ1) is 24.8. The number of urea groups is 1. The molecule has 0 aliphatic heterocycles. The lowest BCUT2D eigenvalue weighted by Gasteiger charge is -2.30. The highest BCUT2D eigenvalue weighted by atomic mass is 35.5. The Bertz CT molecular complexity index is 1210. The standard InChI is InChI=1S/C24H26ClF3N6O/c1-34(2)21-16-6-3-4-9-19(16)31-22(33-21)29-14-10-12-15(13-11-14)30-23(35)32-20-17(24(26,27)28)7-5-8-18(20)25/h3-9,14-15H,10-13H2,1-2H3,(H,29,31,33)(H2,30,32,35)/t14-,15+. The van der Waals surface area contributed by atoms with Gasteiger partial charge in [0.25, 0.3) is 0 Å². The summed E-state index contributed by atoms with van der Waals surface area (Å²) in [4.78, 5) is 23.7. The molecule has 0 saturated heterocycles. The van der Waals surface area contributed by atoms with Crippen molar-refractivity contribution in [3.63, 3.8) is 0 Å². The zero-order valence-corrected chi connectivity index (χ0v) is 20.0. The minimum Gasteiger partial charge on any atom is -0.362 e. The van der Waals surface area contributed by atoms with Crippen molar-refractivity contribution in [2.24, 2.45) is 0 Å². The number of hydrogen-bond donors (Lipinski definition) is 3. The summed E-state index contributed by atoms with van der Waals surface area (Å²) in [6, 6.07) is 10.4. The quantitative estimate of drug-likeness (QED) is 0.400. The summed E-state index contributed by atoms with van der Waals surface area (Å²) < 4.78 is 39.8. The summed E-state index contributed by atoms with van der Waals surface area (Å²) in [5, 5.41) is 9.23. The minimum absolute atomic E-state index is 0.118. The molecule has 0 unspecified atom stereocenters. The van der Waals surface area contributed by atoms with Crippen LogP contribution in [0.5, 0.6) is 0 Å². The van der Waals surface area contributed by atoms with Gasteiger partial charge < -0.3 is 20.9 Å². The molecule has 7 nitrogen and oxygen atoms in total. The first-order chi connectivity index (χ1) is 16.6. The number of hydrogen-bond acceptors (Lipinski definition) is 5. The Hall–Kier alpha value is -3.27. The summed E-state index contributed by atoms with van der Waals surface area (Å²) in [5.41, 5.74) is -0.585. The van der Waals surface area contributed by atoms with Gasteiger partial charge in [0.2, 0.25) is 5.95 Å². The Labute approximate surface area is 206 Å². The van der Waals surface area contributed by atoms with Gasteiger partial charge in [-0.25, -0.2) is 9.78 Å². The molecule has 1 saturated carbocycles. The number of anilines is 3.